The van der Waals surface area contributed by atoms with Gasteiger partial charge in [0.05, 0.1) is 10.6 Å². The summed E-state index contributed by atoms with van der Waals surface area (Å²) in [5, 5.41) is 0.505. The van der Waals surface area contributed by atoms with Crippen molar-refractivity contribution >= 4 is 29.3 Å². The van der Waals surface area contributed by atoms with Crippen molar-refractivity contribution in [3.05, 3.63) is 64.7 Å². The molecule has 2 atom stereocenters. The number of hydrogen-bond acceptors (Lipinski definition) is 3. The van der Waals surface area contributed by atoms with Crippen LogP contribution in [0.5, 0.6) is 0 Å². The SMILES string of the molecule is CSc1ccc(Cl)c(C(=O)N2C[C@@H](CN)[C@H](c3ccccc3)C2)c1. The third kappa shape index (κ3) is 3.46. The van der Waals surface area contributed by atoms with E-state index in [0.29, 0.717) is 30.2 Å². The maximum Gasteiger partial charge on any atom is 0.255 e. The van der Waals surface area contributed by atoms with E-state index in [4.69, 9.17) is 17.3 Å². The van der Waals surface area contributed by atoms with E-state index in [1.807, 2.05) is 41.5 Å². The minimum atomic E-state index is -0.00668. The van der Waals surface area contributed by atoms with Crippen LogP contribution in [0.4, 0.5) is 0 Å². The van der Waals surface area contributed by atoms with Gasteiger partial charge in [-0.25, -0.2) is 0 Å². The van der Waals surface area contributed by atoms with Crippen molar-refractivity contribution in [3.63, 3.8) is 0 Å². The quantitative estimate of drug-likeness (QED) is 0.842. The Balaban J connectivity index is 1.84. The van der Waals surface area contributed by atoms with E-state index in [9.17, 15) is 4.79 Å². The maximum atomic E-state index is 13.0. The second kappa shape index (κ2) is 7.60. The Labute approximate surface area is 152 Å². The lowest BCUT2D eigenvalue weighted by molar-refractivity contribution is 0.0786. The fourth-order valence-electron chi connectivity index (χ4n) is 3.32. The molecule has 1 aliphatic heterocycles. The van der Waals surface area contributed by atoms with Gasteiger partial charge in [0.25, 0.3) is 5.91 Å². The molecule has 1 amide bonds. The summed E-state index contributed by atoms with van der Waals surface area (Å²) >= 11 is 7.87. The van der Waals surface area contributed by atoms with Gasteiger partial charge in [0, 0.05) is 23.9 Å². The van der Waals surface area contributed by atoms with Crippen LogP contribution in [0.15, 0.2) is 53.4 Å². The molecule has 24 heavy (non-hydrogen) atoms. The highest BCUT2D eigenvalue weighted by Crippen LogP contribution is 2.34. The molecule has 0 radical (unpaired) electrons. The molecule has 2 aromatic rings. The fourth-order valence-corrected chi connectivity index (χ4v) is 3.96. The van der Waals surface area contributed by atoms with Crippen LogP contribution in [-0.2, 0) is 0 Å². The van der Waals surface area contributed by atoms with Crippen molar-refractivity contribution in [2.45, 2.75) is 10.8 Å². The average Bonchev–Trinajstić information content (AvgIpc) is 3.07. The van der Waals surface area contributed by atoms with Crippen molar-refractivity contribution in [1.29, 1.82) is 0 Å². The third-order valence-electron chi connectivity index (χ3n) is 4.66. The van der Waals surface area contributed by atoms with Gasteiger partial charge in [-0.05, 0) is 42.5 Å². The van der Waals surface area contributed by atoms with Crippen molar-refractivity contribution in [2.75, 3.05) is 25.9 Å². The Morgan fingerprint density at radius 1 is 1.25 bits per heavy atom. The first-order valence-electron chi connectivity index (χ1n) is 8.02. The summed E-state index contributed by atoms with van der Waals surface area (Å²) in [5.41, 5.74) is 7.79. The molecular weight excluding hydrogens is 340 g/mol. The molecule has 1 saturated heterocycles. The smallest absolute Gasteiger partial charge is 0.255 e. The normalized spacial score (nSPS) is 20.4. The number of halogens is 1. The van der Waals surface area contributed by atoms with Crippen molar-refractivity contribution in [2.24, 2.45) is 11.7 Å². The van der Waals surface area contributed by atoms with Crippen LogP contribution in [-0.4, -0.2) is 36.7 Å². The molecular formula is C19H21ClN2OS. The number of rotatable bonds is 4. The van der Waals surface area contributed by atoms with Crippen molar-refractivity contribution in [1.82, 2.24) is 4.90 Å². The lowest BCUT2D eigenvalue weighted by atomic mass is 9.89. The Hall–Kier alpha value is -1.49. The number of hydrogen-bond donors (Lipinski definition) is 1. The number of nitrogens with zero attached hydrogens (tertiary/aromatic N) is 1. The molecule has 1 fully saturated rings. The van der Waals surface area contributed by atoms with Gasteiger partial charge in [-0.3, -0.25) is 4.79 Å². The lowest BCUT2D eigenvalue weighted by Gasteiger charge is -2.18. The summed E-state index contributed by atoms with van der Waals surface area (Å²) in [6.07, 6.45) is 1.99. The molecule has 2 aromatic carbocycles. The van der Waals surface area contributed by atoms with Gasteiger partial charge in [-0.15, -0.1) is 11.8 Å². The van der Waals surface area contributed by atoms with Crippen LogP contribution in [0.25, 0.3) is 0 Å². The van der Waals surface area contributed by atoms with Crippen molar-refractivity contribution in [3.8, 4) is 0 Å². The fraction of sp³-hybridized carbons (Fsp3) is 0.316. The molecule has 0 aliphatic carbocycles. The number of nitrogens with two attached hydrogens (primary N) is 1. The first-order valence-corrected chi connectivity index (χ1v) is 9.62. The zero-order valence-corrected chi connectivity index (χ0v) is 15.2. The van der Waals surface area contributed by atoms with E-state index in [0.717, 1.165) is 4.90 Å². The zero-order chi connectivity index (χ0) is 17.1. The highest BCUT2D eigenvalue weighted by atomic mass is 35.5. The predicted octanol–water partition coefficient (Wildman–Crippen LogP) is 3.88. The minimum Gasteiger partial charge on any atom is -0.338 e. The number of carbonyl (C=O) groups excluding carboxylic acids is 1. The number of benzene rings is 2. The molecule has 126 valence electrons. The summed E-state index contributed by atoms with van der Waals surface area (Å²) in [4.78, 5) is 15.9. The summed E-state index contributed by atoms with van der Waals surface area (Å²) in [6, 6.07) is 15.9. The van der Waals surface area contributed by atoms with E-state index >= 15 is 0 Å². The molecule has 2 N–H and O–H groups in total. The standard InChI is InChI=1S/C19H21ClN2OS/c1-24-15-7-8-18(20)16(9-15)19(23)22-11-14(10-21)17(12-22)13-5-3-2-4-6-13/h2-9,14,17H,10-12,21H2,1H3/t14-,17+/m1/s1. The highest BCUT2D eigenvalue weighted by Gasteiger charge is 2.36. The molecule has 1 aliphatic rings. The van der Waals surface area contributed by atoms with E-state index in [-0.39, 0.29) is 17.7 Å². The number of thioether (sulfide) groups is 1. The van der Waals surface area contributed by atoms with Gasteiger partial charge in [0.2, 0.25) is 0 Å². The van der Waals surface area contributed by atoms with Crippen LogP contribution in [0.3, 0.4) is 0 Å². The van der Waals surface area contributed by atoms with Gasteiger partial charge < -0.3 is 10.6 Å². The maximum absolute atomic E-state index is 13.0. The Bertz CT molecular complexity index is 723. The largest absolute Gasteiger partial charge is 0.338 e. The molecule has 1 heterocycles. The molecule has 3 nitrogen and oxygen atoms in total. The second-order valence-corrected chi connectivity index (χ2v) is 7.36. The second-order valence-electron chi connectivity index (χ2n) is 6.07. The van der Waals surface area contributed by atoms with E-state index in [2.05, 4.69) is 12.1 Å². The molecule has 0 bridgehead atoms. The van der Waals surface area contributed by atoms with E-state index < -0.39 is 0 Å². The van der Waals surface area contributed by atoms with Crippen LogP contribution in [0, 0.1) is 5.92 Å². The number of carbonyl (C=O) groups is 1. The van der Waals surface area contributed by atoms with Gasteiger partial charge >= 0.3 is 0 Å². The summed E-state index contributed by atoms with van der Waals surface area (Å²) in [7, 11) is 0. The van der Waals surface area contributed by atoms with Gasteiger partial charge in [-0.1, -0.05) is 41.9 Å². The molecule has 5 heteroatoms. The van der Waals surface area contributed by atoms with Gasteiger partial charge in [0.1, 0.15) is 0 Å². The van der Waals surface area contributed by atoms with Crippen molar-refractivity contribution < 1.29 is 4.79 Å². The summed E-state index contributed by atoms with van der Waals surface area (Å²) < 4.78 is 0. The van der Waals surface area contributed by atoms with Crippen LogP contribution >= 0.6 is 23.4 Å². The van der Waals surface area contributed by atoms with E-state index in [1.165, 1.54) is 5.56 Å². The monoisotopic (exact) mass is 360 g/mol. The summed E-state index contributed by atoms with van der Waals surface area (Å²) in [5.74, 6) is 0.550. The Morgan fingerprint density at radius 3 is 2.67 bits per heavy atom. The van der Waals surface area contributed by atoms with Crippen LogP contribution in [0.1, 0.15) is 21.8 Å². The summed E-state index contributed by atoms with van der Waals surface area (Å²) in [6.45, 7) is 1.93. The van der Waals surface area contributed by atoms with Crippen LogP contribution < -0.4 is 5.73 Å². The molecule has 0 spiro atoms. The average molecular weight is 361 g/mol. The molecule has 0 aromatic heterocycles. The topological polar surface area (TPSA) is 46.3 Å². The Morgan fingerprint density at radius 2 is 2.00 bits per heavy atom. The Kier molecular flexibility index (Phi) is 5.49. The minimum absolute atomic E-state index is 0.00668. The molecule has 0 unspecified atom stereocenters. The number of amides is 1. The van der Waals surface area contributed by atoms with E-state index in [1.54, 1.807) is 17.8 Å². The van der Waals surface area contributed by atoms with Gasteiger partial charge in [-0.2, -0.15) is 0 Å². The third-order valence-corrected chi connectivity index (χ3v) is 5.72. The first kappa shape index (κ1) is 17.3. The molecule has 3 rings (SSSR count). The lowest BCUT2D eigenvalue weighted by Crippen LogP contribution is -2.30. The predicted molar refractivity (Wildman–Crippen MR) is 101 cm³/mol. The number of likely N-dealkylation sites (tertiary alicyclic amines) is 1. The first-order chi connectivity index (χ1) is 11.6. The zero-order valence-electron chi connectivity index (χ0n) is 13.6. The molecule has 0 saturated carbocycles. The highest BCUT2D eigenvalue weighted by molar-refractivity contribution is 7.98. The van der Waals surface area contributed by atoms with Gasteiger partial charge in [0.15, 0.2) is 0 Å². The van der Waals surface area contributed by atoms with Crippen LogP contribution in [0.2, 0.25) is 5.02 Å².